The van der Waals surface area contributed by atoms with E-state index in [0.717, 1.165) is 28.7 Å². The van der Waals surface area contributed by atoms with Crippen molar-refractivity contribution in [3.63, 3.8) is 0 Å². The topological polar surface area (TPSA) is 107 Å². The van der Waals surface area contributed by atoms with Crippen LogP contribution in [0.5, 0.6) is 5.88 Å². The van der Waals surface area contributed by atoms with Crippen molar-refractivity contribution in [3.8, 4) is 17.1 Å². The van der Waals surface area contributed by atoms with Gasteiger partial charge in [0.15, 0.2) is 0 Å². The normalized spacial score (nSPS) is 23.2. The molecule has 230 valence electrons. The van der Waals surface area contributed by atoms with Gasteiger partial charge in [0.25, 0.3) is 10.0 Å². The van der Waals surface area contributed by atoms with E-state index in [0.29, 0.717) is 36.9 Å². The van der Waals surface area contributed by atoms with Gasteiger partial charge in [-0.25, -0.2) is 18.1 Å². The summed E-state index contributed by atoms with van der Waals surface area (Å²) in [6, 6.07) is 14.9. The number of aryl methyl sites for hydroxylation is 2. The third kappa shape index (κ3) is 7.03. The van der Waals surface area contributed by atoms with Gasteiger partial charge in [-0.15, -0.1) is 0 Å². The van der Waals surface area contributed by atoms with E-state index in [2.05, 4.69) is 28.5 Å². The predicted molar refractivity (Wildman–Crippen MR) is 167 cm³/mol. The smallest absolute Gasteiger partial charge is 0.309 e. The molecule has 1 unspecified atom stereocenters. The second-order valence-electron chi connectivity index (χ2n) is 13.5. The molecule has 9 heteroatoms. The zero-order valence-electron chi connectivity index (χ0n) is 26.2. The first-order valence-corrected chi connectivity index (χ1v) is 16.6. The van der Waals surface area contributed by atoms with Gasteiger partial charge >= 0.3 is 5.97 Å². The molecule has 4 bridgehead atoms. The molecule has 1 aliphatic carbocycles. The fourth-order valence-corrected chi connectivity index (χ4v) is 7.54. The van der Waals surface area contributed by atoms with Crippen LogP contribution in [0.3, 0.4) is 0 Å². The van der Waals surface area contributed by atoms with E-state index >= 15 is 0 Å². The number of carbonyl (C=O) groups excluding carboxylic acids is 1. The van der Waals surface area contributed by atoms with Crippen LogP contribution in [0.15, 0.2) is 53.4 Å². The van der Waals surface area contributed by atoms with Gasteiger partial charge < -0.3 is 9.47 Å². The molecule has 8 nitrogen and oxygen atoms in total. The number of fused-ring (bicyclic) bond motifs is 4. The molecule has 2 aromatic carbocycles. The van der Waals surface area contributed by atoms with Crippen molar-refractivity contribution in [1.29, 1.82) is 0 Å². The van der Waals surface area contributed by atoms with Crippen LogP contribution in [-0.4, -0.2) is 36.6 Å². The largest absolute Gasteiger partial charge is 0.477 e. The maximum atomic E-state index is 13.7. The zero-order chi connectivity index (χ0) is 31.1. The number of aromatic nitrogens is 2. The molecular weight excluding hydrogens is 562 g/mol. The number of nitrogens with zero attached hydrogens (tertiary/aromatic N) is 2. The summed E-state index contributed by atoms with van der Waals surface area (Å²) in [7, 11) is -3.99. The minimum absolute atomic E-state index is 0.00458. The van der Waals surface area contributed by atoms with Gasteiger partial charge in [0.1, 0.15) is 5.60 Å². The fraction of sp³-hybridized carbons (Fsp3) is 0.500. The van der Waals surface area contributed by atoms with Crippen molar-refractivity contribution in [3.05, 3.63) is 65.2 Å². The van der Waals surface area contributed by atoms with Gasteiger partial charge in [-0.1, -0.05) is 44.2 Å². The summed E-state index contributed by atoms with van der Waals surface area (Å²) < 4.78 is 42.0. The van der Waals surface area contributed by atoms with Crippen molar-refractivity contribution in [2.75, 3.05) is 11.3 Å². The van der Waals surface area contributed by atoms with Crippen LogP contribution in [0.4, 0.5) is 5.95 Å². The Labute approximate surface area is 255 Å². The average molecular weight is 606 g/mol. The molecule has 43 heavy (non-hydrogen) atoms. The Bertz CT molecular complexity index is 1590. The molecule has 3 aromatic rings. The minimum Gasteiger partial charge on any atom is -0.477 e. The first kappa shape index (κ1) is 31.0. The molecule has 0 saturated heterocycles. The Morgan fingerprint density at radius 1 is 1.05 bits per heavy atom. The number of hydrogen-bond donors (Lipinski definition) is 1. The van der Waals surface area contributed by atoms with Crippen molar-refractivity contribution in [2.45, 2.75) is 84.1 Å². The summed E-state index contributed by atoms with van der Waals surface area (Å²) in [5, 5.41) is 0. The van der Waals surface area contributed by atoms with Crippen LogP contribution in [0.2, 0.25) is 0 Å². The van der Waals surface area contributed by atoms with Crippen LogP contribution in [0, 0.1) is 37.5 Å². The first-order valence-electron chi connectivity index (χ1n) is 15.1. The van der Waals surface area contributed by atoms with E-state index in [9.17, 15) is 13.2 Å². The molecule has 5 rings (SSSR count). The Hall–Kier alpha value is -3.46. The molecule has 1 aromatic heterocycles. The summed E-state index contributed by atoms with van der Waals surface area (Å²) in [5.74, 6) is 0.591. The summed E-state index contributed by atoms with van der Waals surface area (Å²) >= 11 is 0. The zero-order valence-corrected chi connectivity index (χ0v) is 27.0. The Morgan fingerprint density at radius 2 is 1.72 bits per heavy atom. The maximum absolute atomic E-state index is 13.7. The highest BCUT2D eigenvalue weighted by molar-refractivity contribution is 7.92. The lowest BCUT2D eigenvalue weighted by atomic mass is 9.62. The Kier molecular flexibility index (Phi) is 8.58. The van der Waals surface area contributed by atoms with Crippen LogP contribution in [0.25, 0.3) is 11.3 Å². The number of ether oxygens (including phenoxy) is 2. The molecule has 1 aliphatic heterocycles. The molecular formula is C34H43N3O5S. The maximum Gasteiger partial charge on any atom is 0.309 e. The number of hydrogen-bond acceptors (Lipinski definition) is 7. The van der Waals surface area contributed by atoms with E-state index in [-0.39, 0.29) is 40.5 Å². The van der Waals surface area contributed by atoms with Crippen LogP contribution < -0.4 is 9.46 Å². The van der Waals surface area contributed by atoms with E-state index in [1.54, 1.807) is 24.3 Å². The van der Waals surface area contributed by atoms with Gasteiger partial charge in [0.2, 0.25) is 11.8 Å². The van der Waals surface area contributed by atoms with Gasteiger partial charge in [0, 0.05) is 17.5 Å². The summed E-state index contributed by atoms with van der Waals surface area (Å²) in [6.07, 6.45) is 2.25. The molecule has 1 fully saturated rings. The molecule has 0 spiro atoms. The van der Waals surface area contributed by atoms with Crippen LogP contribution in [0.1, 0.15) is 76.5 Å². The quantitative estimate of drug-likeness (QED) is 0.310. The number of nitrogens with one attached hydrogen (secondary N) is 1. The number of rotatable bonds is 5. The molecule has 1 N–H and O–H groups in total. The number of anilines is 1. The molecule has 0 radical (unpaired) electrons. The van der Waals surface area contributed by atoms with E-state index in [1.165, 1.54) is 0 Å². The molecule has 2 heterocycles. The highest BCUT2D eigenvalue weighted by Gasteiger charge is 2.44. The van der Waals surface area contributed by atoms with Crippen LogP contribution >= 0.6 is 0 Å². The van der Waals surface area contributed by atoms with Crippen molar-refractivity contribution in [2.24, 2.45) is 23.7 Å². The number of sulfonamides is 1. The van der Waals surface area contributed by atoms with E-state index in [1.807, 2.05) is 58.9 Å². The Morgan fingerprint density at radius 3 is 2.37 bits per heavy atom. The highest BCUT2D eigenvalue weighted by atomic mass is 32.2. The third-order valence-electron chi connectivity index (χ3n) is 8.37. The number of benzene rings is 2. The van der Waals surface area contributed by atoms with Crippen LogP contribution in [-0.2, 0) is 19.6 Å². The summed E-state index contributed by atoms with van der Waals surface area (Å²) in [5.41, 5.74) is 3.96. The third-order valence-corrected chi connectivity index (χ3v) is 9.69. The number of carbonyl (C=O) groups is 1. The van der Waals surface area contributed by atoms with Gasteiger partial charge in [0.05, 0.1) is 23.1 Å². The summed E-state index contributed by atoms with van der Waals surface area (Å²) in [6.45, 7) is 14.4. The van der Waals surface area contributed by atoms with E-state index in [4.69, 9.17) is 9.47 Å². The lowest BCUT2D eigenvalue weighted by Gasteiger charge is -2.44. The van der Waals surface area contributed by atoms with Gasteiger partial charge in [-0.3, -0.25) is 4.79 Å². The second kappa shape index (κ2) is 11.9. The highest BCUT2D eigenvalue weighted by Crippen LogP contribution is 2.49. The van der Waals surface area contributed by atoms with Crippen molar-refractivity contribution < 1.29 is 22.7 Å². The molecule has 2 aliphatic rings. The minimum atomic E-state index is -3.99. The van der Waals surface area contributed by atoms with Gasteiger partial charge in [-0.2, -0.15) is 4.98 Å². The molecule has 0 amide bonds. The lowest BCUT2D eigenvalue weighted by Crippen LogP contribution is -2.41. The number of esters is 1. The molecule has 2 atom stereocenters. The fourth-order valence-electron chi connectivity index (χ4n) is 6.54. The first-order chi connectivity index (χ1) is 20.2. The Balaban J connectivity index is 1.56. The summed E-state index contributed by atoms with van der Waals surface area (Å²) in [4.78, 5) is 22.1. The standard InChI is InChI=1S/C34H43N3O5S/c1-20(2)14-26-19-41-29-18-28(30-21(3)10-8-11-22(30)4)35-33(36-29)37-43(39,40)27-13-9-12-23(17-27)31(26)24-15-25(16-24)32(38)42-34(5,6)7/h8-13,17-18,20,24-26,31H,14-16,19H2,1-7H3,(H,35,36,37)/t24?,25?,26-,31?/m1/s1. The second-order valence-corrected chi connectivity index (χ2v) is 15.2. The lowest BCUT2D eigenvalue weighted by molar-refractivity contribution is -0.165. The SMILES string of the molecule is Cc1cccc(C)c1-c1cc2nc(n1)NS(=O)(=O)c1cccc(c1)C(C1CC(C(=O)OC(C)(C)C)C1)[C@H](CC(C)C)CO2. The average Bonchev–Trinajstić information content (AvgIpc) is 2.86. The van der Waals surface area contributed by atoms with Crippen molar-refractivity contribution >= 4 is 21.9 Å². The van der Waals surface area contributed by atoms with Gasteiger partial charge in [-0.05, 0) is 100 Å². The van der Waals surface area contributed by atoms with Crippen molar-refractivity contribution in [1.82, 2.24) is 9.97 Å². The van der Waals surface area contributed by atoms with E-state index < -0.39 is 15.6 Å². The predicted octanol–water partition coefficient (Wildman–Crippen LogP) is 7.07. The molecule has 1 saturated carbocycles. The monoisotopic (exact) mass is 605 g/mol.